The second-order valence-electron chi connectivity index (χ2n) is 5.34. The van der Waals surface area contributed by atoms with Crippen molar-refractivity contribution < 1.29 is 4.74 Å². The molecule has 0 spiro atoms. The van der Waals surface area contributed by atoms with Crippen LogP contribution in [0, 0.1) is 0 Å². The molecule has 0 atom stereocenters. The minimum atomic E-state index is -0.252. The molecule has 0 amide bonds. The van der Waals surface area contributed by atoms with Crippen LogP contribution in [0.5, 0.6) is 0 Å². The van der Waals surface area contributed by atoms with Gasteiger partial charge in [0.25, 0.3) is 5.56 Å². The molecule has 0 saturated carbocycles. The van der Waals surface area contributed by atoms with E-state index < -0.39 is 0 Å². The Kier molecular flexibility index (Phi) is 2.50. The monoisotopic (exact) mass is 260 g/mol. The lowest BCUT2D eigenvalue weighted by atomic mass is 10.1. The molecule has 0 radical (unpaired) electrons. The maximum Gasteiger partial charge on any atom is 0.279 e. The first-order valence-electron chi connectivity index (χ1n) is 6.14. The lowest BCUT2D eigenvalue weighted by molar-refractivity contribution is -0.0660. The summed E-state index contributed by atoms with van der Waals surface area (Å²) in [5, 5.41) is 4.46. The number of aromatic nitrogens is 3. The fourth-order valence-electron chi connectivity index (χ4n) is 2.18. The van der Waals surface area contributed by atoms with Crippen LogP contribution in [0.3, 0.4) is 0 Å². The van der Waals surface area contributed by atoms with Gasteiger partial charge < -0.3 is 10.5 Å². The summed E-state index contributed by atoms with van der Waals surface area (Å²) >= 11 is 0. The Labute approximate surface area is 110 Å². The summed E-state index contributed by atoms with van der Waals surface area (Å²) in [6.07, 6.45) is 1.67. The summed E-state index contributed by atoms with van der Waals surface area (Å²) in [5.41, 5.74) is 6.31. The van der Waals surface area contributed by atoms with Crippen LogP contribution in [0.25, 0.3) is 5.82 Å². The van der Waals surface area contributed by atoms with Gasteiger partial charge in [-0.3, -0.25) is 14.0 Å². The average Bonchev–Trinajstić information content (AvgIpc) is 2.73. The van der Waals surface area contributed by atoms with Crippen molar-refractivity contribution in [3.8, 4) is 5.82 Å². The van der Waals surface area contributed by atoms with Gasteiger partial charge in [0, 0.05) is 12.3 Å². The standard InChI is InChI=1S/C13H16N4O2/c1-13(2)8-17-9(7-19-13)6-11(15-17)16-5-3-4-10(14)12(16)18/h3-6H,7-8,14H2,1-2H3. The number of hydrogen-bond donors (Lipinski definition) is 1. The van der Waals surface area contributed by atoms with E-state index in [1.807, 2.05) is 24.6 Å². The van der Waals surface area contributed by atoms with Gasteiger partial charge in [0.2, 0.25) is 0 Å². The van der Waals surface area contributed by atoms with Crippen LogP contribution in [0.15, 0.2) is 29.2 Å². The normalized spacial score (nSPS) is 17.2. The third-order valence-corrected chi connectivity index (χ3v) is 3.22. The third-order valence-electron chi connectivity index (χ3n) is 3.22. The maximum absolute atomic E-state index is 12.0. The first-order chi connectivity index (χ1) is 8.96. The molecule has 2 N–H and O–H groups in total. The van der Waals surface area contributed by atoms with Crippen LogP contribution in [-0.4, -0.2) is 19.9 Å². The fraction of sp³-hybridized carbons (Fsp3) is 0.385. The number of nitrogens with two attached hydrogens (primary N) is 1. The summed E-state index contributed by atoms with van der Waals surface area (Å²) < 4.78 is 9.06. The molecule has 100 valence electrons. The molecular weight excluding hydrogens is 244 g/mol. The molecule has 1 aliphatic rings. The van der Waals surface area contributed by atoms with E-state index in [0.29, 0.717) is 19.0 Å². The minimum Gasteiger partial charge on any atom is -0.394 e. The van der Waals surface area contributed by atoms with Gasteiger partial charge >= 0.3 is 0 Å². The molecule has 3 rings (SSSR count). The molecule has 6 nitrogen and oxygen atoms in total. The third kappa shape index (κ3) is 2.04. The highest BCUT2D eigenvalue weighted by molar-refractivity contribution is 5.38. The molecule has 0 aromatic carbocycles. The molecule has 6 heteroatoms. The van der Waals surface area contributed by atoms with Gasteiger partial charge in [-0.15, -0.1) is 0 Å². The SMILES string of the molecule is CC1(C)Cn2nc(-n3cccc(N)c3=O)cc2CO1. The predicted octanol–water partition coefficient (Wildman–Crippen LogP) is 0.925. The molecule has 3 heterocycles. The molecule has 2 aromatic heterocycles. The van der Waals surface area contributed by atoms with Crippen LogP contribution in [-0.2, 0) is 17.9 Å². The van der Waals surface area contributed by atoms with E-state index in [4.69, 9.17) is 10.5 Å². The molecule has 0 saturated heterocycles. The number of ether oxygens (including phenoxy) is 1. The zero-order valence-corrected chi connectivity index (χ0v) is 11.0. The Morgan fingerprint density at radius 1 is 1.47 bits per heavy atom. The molecule has 0 fully saturated rings. The predicted molar refractivity (Wildman–Crippen MR) is 71.1 cm³/mol. The highest BCUT2D eigenvalue weighted by atomic mass is 16.5. The van der Waals surface area contributed by atoms with Crippen LogP contribution < -0.4 is 11.3 Å². The van der Waals surface area contributed by atoms with E-state index in [0.717, 1.165) is 5.69 Å². The van der Waals surface area contributed by atoms with Crippen LogP contribution >= 0.6 is 0 Å². The van der Waals surface area contributed by atoms with Crippen LogP contribution in [0.1, 0.15) is 19.5 Å². The second-order valence-corrected chi connectivity index (χ2v) is 5.34. The zero-order valence-electron chi connectivity index (χ0n) is 11.0. The van der Waals surface area contributed by atoms with Crippen molar-refractivity contribution >= 4 is 5.69 Å². The smallest absolute Gasteiger partial charge is 0.279 e. The maximum atomic E-state index is 12.0. The number of rotatable bonds is 1. The van der Waals surface area contributed by atoms with Gasteiger partial charge in [-0.1, -0.05) is 0 Å². The summed E-state index contributed by atoms with van der Waals surface area (Å²) in [6.45, 7) is 5.20. The van der Waals surface area contributed by atoms with Gasteiger partial charge in [-0.05, 0) is 26.0 Å². The Morgan fingerprint density at radius 3 is 3.05 bits per heavy atom. The summed E-state index contributed by atoms with van der Waals surface area (Å²) in [4.78, 5) is 12.0. The second kappa shape index (κ2) is 3.96. The molecule has 0 aliphatic carbocycles. The molecule has 19 heavy (non-hydrogen) atoms. The van der Waals surface area contributed by atoms with E-state index >= 15 is 0 Å². The Hall–Kier alpha value is -2.08. The van der Waals surface area contributed by atoms with Crippen molar-refractivity contribution in [1.29, 1.82) is 0 Å². The van der Waals surface area contributed by atoms with Crippen molar-refractivity contribution in [3.05, 3.63) is 40.4 Å². The summed E-state index contributed by atoms with van der Waals surface area (Å²) in [7, 11) is 0. The first-order valence-corrected chi connectivity index (χ1v) is 6.14. The van der Waals surface area contributed by atoms with Crippen molar-refractivity contribution in [2.75, 3.05) is 5.73 Å². The minimum absolute atomic E-state index is 0.213. The number of hydrogen-bond acceptors (Lipinski definition) is 4. The van der Waals surface area contributed by atoms with E-state index in [9.17, 15) is 4.79 Å². The largest absolute Gasteiger partial charge is 0.394 e. The average molecular weight is 260 g/mol. The van der Waals surface area contributed by atoms with Crippen molar-refractivity contribution in [2.45, 2.75) is 32.6 Å². The highest BCUT2D eigenvalue weighted by Gasteiger charge is 2.27. The van der Waals surface area contributed by atoms with Gasteiger partial charge in [0.15, 0.2) is 5.82 Å². The fourth-order valence-corrected chi connectivity index (χ4v) is 2.18. The molecule has 2 aromatic rings. The highest BCUT2D eigenvalue weighted by Crippen LogP contribution is 2.23. The quantitative estimate of drug-likeness (QED) is 0.827. The Morgan fingerprint density at radius 2 is 2.26 bits per heavy atom. The van der Waals surface area contributed by atoms with Crippen LogP contribution in [0.4, 0.5) is 5.69 Å². The number of anilines is 1. The molecule has 1 aliphatic heterocycles. The lowest BCUT2D eigenvalue weighted by Gasteiger charge is -2.30. The molecule has 0 unspecified atom stereocenters. The van der Waals surface area contributed by atoms with Crippen molar-refractivity contribution in [3.63, 3.8) is 0 Å². The van der Waals surface area contributed by atoms with E-state index in [2.05, 4.69) is 5.10 Å². The van der Waals surface area contributed by atoms with Crippen molar-refractivity contribution in [1.82, 2.24) is 14.3 Å². The van der Waals surface area contributed by atoms with Gasteiger partial charge in [0.1, 0.15) is 0 Å². The number of fused-ring (bicyclic) bond motifs is 1. The Bertz CT molecular complexity index is 684. The summed E-state index contributed by atoms with van der Waals surface area (Å²) in [6, 6.07) is 5.17. The van der Waals surface area contributed by atoms with Gasteiger partial charge in [0.05, 0.1) is 30.1 Å². The first kappa shape index (κ1) is 12.0. The van der Waals surface area contributed by atoms with Crippen LogP contribution in [0.2, 0.25) is 0 Å². The topological polar surface area (TPSA) is 75.1 Å². The van der Waals surface area contributed by atoms with E-state index in [-0.39, 0.29) is 16.8 Å². The Balaban J connectivity index is 2.07. The van der Waals surface area contributed by atoms with Crippen molar-refractivity contribution in [2.24, 2.45) is 0 Å². The lowest BCUT2D eigenvalue weighted by Crippen LogP contribution is -2.36. The number of nitrogens with zero attached hydrogens (tertiary/aromatic N) is 3. The zero-order chi connectivity index (χ0) is 13.6. The number of nitrogen functional groups attached to an aromatic ring is 1. The number of pyridine rings is 1. The van der Waals surface area contributed by atoms with Gasteiger partial charge in [-0.25, -0.2) is 0 Å². The molecular formula is C13H16N4O2. The van der Waals surface area contributed by atoms with E-state index in [1.165, 1.54) is 4.57 Å². The van der Waals surface area contributed by atoms with E-state index in [1.54, 1.807) is 18.3 Å². The summed E-state index contributed by atoms with van der Waals surface area (Å²) in [5.74, 6) is 0.577. The molecule has 0 bridgehead atoms. The van der Waals surface area contributed by atoms with Gasteiger partial charge in [-0.2, -0.15) is 5.10 Å².